The number of nitriles is 1. The summed E-state index contributed by atoms with van der Waals surface area (Å²) in [4.78, 5) is 26.0. The second-order valence-corrected chi connectivity index (χ2v) is 7.01. The van der Waals surface area contributed by atoms with Crippen LogP contribution in [-0.2, 0) is 9.59 Å². The normalized spacial score (nSPS) is 20.9. The van der Waals surface area contributed by atoms with E-state index < -0.39 is 0 Å². The highest BCUT2D eigenvalue weighted by Gasteiger charge is 2.29. The minimum atomic E-state index is -0.215. The minimum absolute atomic E-state index is 0.182. The van der Waals surface area contributed by atoms with E-state index in [-0.39, 0.29) is 15.8 Å². The summed E-state index contributed by atoms with van der Waals surface area (Å²) in [6, 6.07) is 2.17. The lowest BCUT2D eigenvalue weighted by atomic mass is 10.0. The van der Waals surface area contributed by atoms with E-state index in [4.69, 9.17) is 0 Å². The fraction of sp³-hybridized carbons (Fsp3) is 0.500. The third-order valence-electron chi connectivity index (χ3n) is 3.59. The first-order valence-corrected chi connectivity index (χ1v) is 8.44. The van der Waals surface area contributed by atoms with Crippen molar-refractivity contribution in [1.82, 2.24) is 4.90 Å². The summed E-state index contributed by atoms with van der Waals surface area (Å²) in [5.41, 5.74) is 2.04. The fourth-order valence-corrected chi connectivity index (χ4v) is 4.38. The predicted molar refractivity (Wildman–Crippen MR) is 81.9 cm³/mol. The van der Waals surface area contributed by atoms with E-state index in [2.05, 4.69) is 11.0 Å². The van der Waals surface area contributed by atoms with E-state index in [0.29, 0.717) is 16.2 Å². The number of likely N-dealkylation sites (tertiary alicyclic amines) is 1. The highest BCUT2D eigenvalue weighted by Crippen LogP contribution is 2.33. The maximum absolute atomic E-state index is 11.9. The van der Waals surface area contributed by atoms with Crippen molar-refractivity contribution in [2.45, 2.75) is 26.7 Å². The topological polar surface area (TPSA) is 61.2 Å². The van der Waals surface area contributed by atoms with Crippen LogP contribution in [0.25, 0.3) is 0 Å². The average Bonchev–Trinajstić information content (AvgIpc) is 2.93. The van der Waals surface area contributed by atoms with Crippen LogP contribution >= 0.6 is 23.5 Å². The van der Waals surface area contributed by atoms with Crippen LogP contribution in [0.1, 0.15) is 26.7 Å². The summed E-state index contributed by atoms with van der Waals surface area (Å²) >= 11 is 2.26. The first-order chi connectivity index (χ1) is 9.56. The Morgan fingerprint density at radius 3 is 2.20 bits per heavy atom. The fourth-order valence-electron chi connectivity index (χ4n) is 2.44. The maximum Gasteiger partial charge on any atom is 0.225 e. The molecule has 0 spiro atoms. The molecule has 2 rings (SSSR count). The average molecular weight is 308 g/mol. The van der Waals surface area contributed by atoms with E-state index in [1.165, 1.54) is 0 Å². The Morgan fingerprint density at radius 1 is 1.15 bits per heavy atom. The van der Waals surface area contributed by atoms with Crippen LogP contribution in [0, 0.1) is 11.3 Å². The van der Waals surface area contributed by atoms with Gasteiger partial charge in [-0.3, -0.25) is 9.59 Å². The largest absolute Gasteiger partial charge is 0.374 e. The molecule has 2 fully saturated rings. The molecule has 4 nitrogen and oxygen atoms in total. The van der Waals surface area contributed by atoms with Crippen LogP contribution in [-0.4, -0.2) is 33.3 Å². The van der Waals surface area contributed by atoms with Gasteiger partial charge in [-0.05, 0) is 32.3 Å². The van der Waals surface area contributed by atoms with Crippen molar-refractivity contribution in [3.8, 4) is 6.07 Å². The molecule has 0 amide bonds. The second kappa shape index (κ2) is 6.51. The van der Waals surface area contributed by atoms with Crippen molar-refractivity contribution in [2.75, 3.05) is 18.2 Å². The molecule has 2 aliphatic rings. The van der Waals surface area contributed by atoms with Gasteiger partial charge in [-0.2, -0.15) is 5.26 Å². The SMILES string of the molecule is CC(=C1C(=O)SCSC1=O)/C(C#N)=C(\C)N1CCCC1. The van der Waals surface area contributed by atoms with Crippen LogP contribution in [0.4, 0.5) is 0 Å². The molecule has 2 saturated heterocycles. The zero-order valence-electron chi connectivity index (χ0n) is 11.6. The molecule has 0 aromatic rings. The van der Waals surface area contributed by atoms with Gasteiger partial charge >= 0.3 is 0 Å². The molecule has 0 aliphatic carbocycles. The predicted octanol–water partition coefficient (Wildman–Crippen LogP) is 2.69. The molecule has 0 aromatic heterocycles. The first kappa shape index (κ1) is 15.2. The molecular formula is C14H16N2O2S2. The first-order valence-electron chi connectivity index (χ1n) is 6.47. The Hall–Kier alpha value is -1.19. The monoisotopic (exact) mass is 308 g/mol. The number of rotatable bonds is 2. The smallest absolute Gasteiger partial charge is 0.225 e. The van der Waals surface area contributed by atoms with E-state index in [9.17, 15) is 14.9 Å². The Bertz CT molecular complexity index is 534. The zero-order valence-corrected chi connectivity index (χ0v) is 13.2. The molecule has 2 heterocycles. The van der Waals surface area contributed by atoms with Crippen molar-refractivity contribution in [3.05, 3.63) is 22.4 Å². The molecule has 106 valence electrons. The Balaban J connectivity index is 2.44. The zero-order chi connectivity index (χ0) is 14.7. The molecule has 0 atom stereocenters. The van der Waals surface area contributed by atoms with E-state index >= 15 is 0 Å². The van der Waals surface area contributed by atoms with Gasteiger partial charge in [0.2, 0.25) is 10.2 Å². The molecule has 2 aliphatic heterocycles. The molecule has 0 saturated carbocycles. The summed E-state index contributed by atoms with van der Waals surface area (Å²) < 4.78 is 0. The number of carbonyl (C=O) groups excluding carboxylic acids is 2. The van der Waals surface area contributed by atoms with Crippen molar-refractivity contribution >= 4 is 33.8 Å². The van der Waals surface area contributed by atoms with Gasteiger partial charge in [-0.1, -0.05) is 23.5 Å². The minimum Gasteiger partial charge on any atom is -0.374 e. The van der Waals surface area contributed by atoms with Crippen LogP contribution in [0.15, 0.2) is 22.4 Å². The van der Waals surface area contributed by atoms with Gasteiger partial charge in [-0.15, -0.1) is 0 Å². The molecule has 0 aromatic carbocycles. The van der Waals surface area contributed by atoms with E-state index in [1.54, 1.807) is 6.92 Å². The maximum atomic E-state index is 11.9. The Kier molecular flexibility index (Phi) is 4.95. The van der Waals surface area contributed by atoms with Crippen LogP contribution in [0.2, 0.25) is 0 Å². The highest BCUT2D eigenvalue weighted by atomic mass is 32.2. The van der Waals surface area contributed by atoms with Gasteiger partial charge in [0.05, 0.1) is 16.2 Å². The van der Waals surface area contributed by atoms with Gasteiger partial charge in [-0.25, -0.2) is 0 Å². The van der Waals surface area contributed by atoms with Gasteiger partial charge in [0.25, 0.3) is 0 Å². The molecule has 0 unspecified atom stereocenters. The van der Waals surface area contributed by atoms with Crippen molar-refractivity contribution in [1.29, 1.82) is 5.26 Å². The van der Waals surface area contributed by atoms with E-state index in [0.717, 1.165) is 55.2 Å². The van der Waals surface area contributed by atoms with Crippen molar-refractivity contribution in [3.63, 3.8) is 0 Å². The lowest BCUT2D eigenvalue weighted by Gasteiger charge is -2.21. The molecule has 0 N–H and O–H groups in total. The standard InChI is InChI=1S/C14H16N2O2S2/c1-9(12-13(17)19-8-20-14(12)18)11(7-15)10(2)16-5-3-4-6-16/h3-6,8H2,1-2H3/b11-10+. The molecule has 6 heteroatoms. The van der Waals surface area contributed by atoms with Crippen molar-refractivity contribution in [2.24, 2.45) is 0 Å². The number of hydrogen-bond donors (Lipinski definition) is 0. The Morgan fingerprint density at radius 2 is 1.70 bits per heavy atom. The van der Waals surface area contributed by atoms with Gasteiger partial charge in [0.15, 0.2) is 0 Å². The highest BCUT2D eigenvalue weighted by molar-refractivity contribution is 8.31. The number of allylic oxidation sites excluding steroid dienone is 3. The van der Waals surface area contributed by atoms with Gasteiger partial charge in [0, 0.05) is 18.8 Å². The number of carbonyl (C=O) groups is 2. The third-order valence-corrected chi connectivity index (χ3v) is 5.47. The van der Waals surface area contributed by atoms with Gasteiger partial charge in [0.1, 0.15) is 6.07 Å². The lowest BCUT2D eigenvalue weighted by molar-refractivity contribution is -0.113. The van der Waals surface area contributed by atoms with E-state index in [1.807, 2.05) is 6.92 Å². The number of nitrogens with zero attached hydrogens (tertiary/aromatic N) is 2. The summed E-state index contributed by atoms with van der Waals surface area (Å²) in [7, 11) is 0. The number of hydrogen-bond acceptors (Lipinski definition) is 6. The van der Waals surface area contributed by atoms with Crippen LogP contribution in [0.5, 0.6) is 0 Å². The molecular weight excluding hydrogens is 292 g/mol. The molecule has 20 heavy (non-hydrogen) atoms. The summed E-state index contributed by atoms with van der Waals surface area (Å²) in [6.45, 7) is 5.47. The second-order valence-electron chi connectivity index (χ2n) is 4.75. The quantitative estimate of drug-likeness (QED) is 0.444. The summed E-state index contributed by atoms with van der Waals surface area (Å²) in [5.74, 6) is 0. The van der Waals surface area contributed by atoms with Gasteiger partial charge < -0.3 is 4.90 Å². The molecule has 0 bridgehead atoms. The van der Waals surface area contributed by atoms with Crippen molar-refractivity contribution < 1.29 is 9.59 Å². The van der Waals surface area contributed by atoms with Crippen LogP contribution < -0.4 is 0 Å². The Labute approximate surface area is 127 Å². The third kappa shape index (κ3) is 2.94. The number of thioether (sulfide) groups is 2. The van der Waals surface area contributed by atoms with Crippen LogP contribution in [0.3, 0.4) is 0 Å². The lowest BCUT2D eigenvalue weighted by Crippen LogP contribution is -2.20. The summed E-state index contributed by atoms with van der Waals surface area (Å²) in [6.07, 6.45) is 2.24. The molecule has 0 radical (unpaired) electrons. The summed E-state index contributed by atoms with van der Waals surface area (Å²) in [5, 5.41) is 9.46.